The van der Waals surface area contributed by atoms with Crippen molar-refractivity contribution >= 4 is 17.8 Å². The quantitative estimate of drug-likeness (QED) is 0.761. The molecule has 9 heteroatoms. The zero-order valence-corrected chi connectivity index (χ0v) is 16.1. The van der Waals surface area contributed by atoms with Crippen molar-refractivity contribution in [3.05, 3.63) is 11.3 Å². The summed E-state index contributed by atoms with van der Waals surface area (Å²) in [6.07, 6.45) is 0.245. The molecule has 1 aromatic rings. The van der Waals surface area contributed by atoms with Gasteiger partial charge in [-0.2, -0.15) is 5.10 Å². The summed E-state index contributed by atoms with van der Waals surface area (Å²) in [4.78, 5) is 26.0. The van der Waals surface area contributed by atoms with Crippen LogP contribution in [-0.4, -0.2) is 65.8 Å². The number of amides is 2. The van der Waals surface area contributed by atoms with E-state index >= 15 is 0 Å². The molecule has 0 saturated heterocycles. The van der Waals surface area contributed by atoms with Gasteiger partial charge in [0.05, 0.1) is 25.5 Å². The SMILES string of the molecule is COCCOCC(=O)Nc1c2c(nn1C)CCN(C(=O)OC(C)(C)C)C2. The normalized spacial score (nSPS) is 14.1. The van der Waals surface area contributed by atoms with Crippen molar-refractivity contribution in [2.75, 3.05) is 38.8 Å². The van der Waals surface area contributed by atoms with Crippen LogP contribution in [0.1, 0.15) is 32.0 Å². The van der Waals surface area contributed by atoms with Gasteiger partial charge >= 0.3 is 6.09 Å². The lowest BCUT2D eigenvalue weighted by atomic mass is 10.1. The van der Waals surface area contributed by atoms with E-state index in [1.165, 1.54) is 0 Å². The summed E-state index contributed by atoms with van der Waals surface area (Å²) in [7, 11) is 3.33. The number of anilines is 1. The Hall–Kier alpha value is -2.13. The molecule has 0 radical (unpaired) electrons. The molecule has 2 rings (SSSR count). The van der Waals surface area contributed by atoms with Crippen LogP contribution in [0.4, 0.5) is 10.6 Å². The first-order valence-electron chi connectivity index (χ1n) is 8.60. The molecule has 146 valence electrons. The van der Waals surface area contributed by atoms with Gasteiger partial charge in [-0.1, -0.05) is 0 Å². The maximum Gasteiger partial charge on any atom is 0.410 e. The highest BCUT2D eigenvalue weighted by Gasteiger charge is 2.30. The zero-order chi connectivity index (χ0) is 19.3. The predicted molar refractivity (Wildman–Crippen MR) is 94.9 cm³/mol. The number of methoxy groups -OCH3 is 1. The van der Waals surface area contributed by atoms with Gasteiger partial charge in [-0.05, 0) is 20.8 Å². The van der Waals surface area contributed by atoms with Gasteiger partial charge in [0.25, 0.3) is 5.91 Å². The number of rotatable bonds is 6. The first-order valence-corrected chi connectivity index (χ1v) is 8.60. The molecule has 1 N–H and O–H groups in total. The van der Waals surface area contributed by atoms with Gasteiger partial charge in [0.1, 0.15) is 18.0 Å². The van der Waals surface area contributed by atoms with Gasteiger partial charge in [-0.25, -0.2) is 4.79 Å². The van der Waals surface area contributed by atoms with Crippen LogP contribution in [0.5, 0.6) is 0 Å². The van der Waals surface area contributed by atoms with E-state index in [4.69, 9.17) is 14.2 Å². The van der Waals surface area contributed by atoms with Crippen molar-refractivity contribution in [2.24, 2.45) is 7.05 Å². The van der Waals surface area contributed by atoms with E-state index in [-0.39, 0.29) is 18.6 Å². The van der Waals surface area contributed by atoms with E-state index in [9.17, 15) is 9.59 Å². The fraction of sp³-hybridized carbons (Fsp3) is 0.706. The van der Waals surface area contributed by atoms with Crippen LogP contribution in [0.15, 0.2) is 0 Å². The van der Waals surface area contributed by atoms with Gasteiger partial charge in [0, 0.05) is 32.7 Å². The first-order chi connectivity index (χ1) is 12.2. The number of ether oxygens (including phenoxy) is 3. The Morgan fingerprint density at radius 3 is 2.65 bits per heavy atom. The average Bonchev–Trinajstić information content (AvgIpc) is 2.85. The van der Waals surface area contributed by atoms with Crippen LogP contribution >= 0.6 is 0 Å². The molecule has 9 nitrogen and oxygen atoms in total. The Bertz CT molecular complexity index is 650. The summed E-state index contributed by atoms with van der Waals surface area (Å²) in [5.74, 6) is 0.301. The molecule has 1 aliphatic heterocycles. The summed E-state index contributed by atoms with van der Waals surface area (Å²) in [5, 5.41) is 7.26. The van der Waals surface area contributed by atoms with Gasteiger partial charge in [0.15, 0.2) is 0 Å². The van der Waals surface area contributed by atoms with Crippen molar-refractivity contribution in [2.45, 2.75) is 39.3 Å². The van der Waals surface area contributed by atoms with Crippen molar-refractivity contribution in [1.82, 2.24) is 14.7 Å². The monoisotopic (exact) mass is 368 g/mol. The maximum absolute atomic E-state index is 12.3. The molecule has 0 bridgehead atoms. The van der Waals surface area contributed by atoms with Gasteiger partial charge in [-0.15, -0.1) is 0 Å². The molecule has 0 fully saturated rings. The van der Waals surface area contributed by atoms with Crippen molar-refractivity contribution < 1.29 is 23.8 Å². The van der Waals surface area contributed by atoms with Crippen LogP contribution in [0.3, 0.4) is 0 Å². The summed E-state index contributed by atoms with van der Waals surface area (Å²) in [6, 6.07) is 0. The largest absolute Gasteiger partial charge is 0.444 e. The van der Waals surface area contributed by atoms with Crippen LogP contribution in [0.2, 0.25) is 0 Å². The molecule has 1 aromatic heterocycles. The van der Waals surface area contributed by atoms with Crippen LogP contribution < -0.4 is 5.32 Å². The second-order valence-corrected chi connectivity index (χ2v) is 7.14. The molecule has 26 heavy (non-hydrogen) atoms. The lowest BCUT2D eigenvalue weighted by Crippen LogP contribution is -2.40. The summed E-state index contributed by atoms with van der Waals surface area (Å²) < 4.78 is 17.2. The summed E-state index contributed by atoms with van der Waals surface area (Å²) >= 11 is 0. The van der Waals surface area contributed by atoms with Crippen molar-refractivity contribution in [3.8, 4) is 0 Å². The molecule has 0 atom stereocenters. The van der Waals surface area contributed by atoms with E-state index in [1.54, 1.807) is 23.7 Å². The fourth-order valence-corrected chi connectivity index (χ4v) is 2.62. The minimum atomic E-state index is -0.553. The highest BCUT2D eigenvalue weighted by atomic mass is 16.6. The number of aryl methyl sites for hydroxylation is 1. The highest BCUT2D eigenvalue weighted by molar-refractivity contribution is 5.91. The Balaban J connectivity index is 2.02. The van der Waals surface area contributed by atoms with Crippen molar-refractivity contribution in [1.29, 1.82) is 0 Å². The molecule has 0 aromatic carbocycles. The molecule has 2 amide bonds. The second kappa shape index (κ2) is 8.50. The molecule has 0 spiro atoms. The molecule has 1 aliphatic rings. The number of carbonyl (C=O) groups excluding carboxylic acids is 2. The van der Waals surface area contributed by atoms with Gasteiger partial charge < -0.3 is 24.4 Å². The van der Waals surface area contributed by atoms with Crippen LogP contribution in [-0.2, 0) is 39.0 Å². The van der Waals surface area contributed by atoms with E-state index in [1.807, 2.05) is 20.8 Å². The highest BCUT2D eigenvalue weighted by Crippen LogP contribution is 2.26. The zero-order valence-electron chi connectivity index (χ0n) is 16.1. The smallest absolute Gasteiger partial charge is 0.410 e. The number of hydrogen-bond donors (Lipinski definition) is 1. The third kappa shape index (κ3) is 5.43. The molecule has 0 saturated carbocycles. The topological polar surface area (TPSA) is 94.9 Å². The number of carbonyl (C=O) groups is 2. The Morgan fingerprint density at radius 1 is 1.27 bits per heavy atom. The fourth-order valence-electron chi connectivity index (χ4n) is 2.62. The molecule has 2 heterocycles. The first kappa shape index (κ1) is 20.2. The molecule has 0 aliphatic carbocycles. The Kier molecular flexibility index (Phi) is 6.60. The van der Waals surface area contributed by atoms with Crippen LogP contribution in [0, 0.1) is 0 Å². The minimum absolute atomic E-state index is 0.0703. The standard InChI is InChI=1S/C17H28N4O5/c1-17(2,3)26-16(23)21-7-6-13-12(10-21)15(20(4)19-13)18-14(22)11-25-9-8-24-5/h6-11H2,1-5H3,(H,18,22). The third-order valence-electron chi connectivity index (χ3n) is 3.77. The Morgan fingerprint density at radius 2 is 2.00 bits per heavy atom. The lowest BCUT2D eigenvalue weighted by molar-refractivity contribution is -0.121. The van der Waals surface area contributed by atoms with E-state index < -0.39 is 5.60 Å². The van der Waals surface area contributed by atoms with Gasteiger partial charge in [0.2, 0.25) is 0 Å². The molecule has 0 unspecified atom stereocenters. The van der Waals surface area contributed by atoms with Crippen LogP contribution in [0.25, 0.3) is 0 Å². The van der Waals surface area contributed by atoms with E-state index in [0.29, 0.717) is 38.5 Å². The summed E-state index contributed by atoms with van der Waals surface area (Å²) in [5.41, 5.74) is 1.15. The van der Waals surface area contributed by atoms with E-state index in [0.717, 1.165) is 11.3 Å². The maximum atomic E-state index is 12.3. The lowest BCUT2D eigenvalue weighted by Gasteiger charge is -2.29. The number of aromatic nitrogens is 2. The predicted octanol–water partition coefficient (Wildman–Crippen LogP) is 1.31. The van der Waals surface area contributed by atoms with Crippen molar-refractivity contribution in [3.63, 3.8) is 0 Å². The number of nitrogens with one attached hydrogen (secondary N) is 1. The average molecular weight is 368 g/mol. The Labute approximate surface area is 153 Å². The third-order valence-corrected chi connectivity index (χ3v) is 3.77. The minimum Gasteiger partial charge on any atom is -0.444 e. The number of fused-ring (bicyclic) bond motifs is 1. The number of hydrogen-bond acceptors (Lipinski definition) is 6. The van der Waals surface area contributed by atoms with E-state index in [2.05, 4.69) is 10.4 Å². The van der Waals surface area contributed by atoms with Gasteiger partial charge in [-0.3, -0.25) is 9.48 Å². The molecular formula is C17H28N4O5. The second-order valence-electron chi connectivity index (χ2n) is 7.14. The summed E-state index contributed by atoms with van der Waals surface area (Å²) in [6.45, 7) is 7.08. The molecular weight excluding hydrogens is 340 g/mol. The number of nitrogens with zero attached hydrogens (tertiary/aromatic N) is 3.